The number of hydrogen-bond donors (Lipinski definition) is 0. The second kappa shape index (κ2) is 7.60. The SMILES string of the molecule is O=C(CSc1nncn1-c1ccccc1)N1CC[C@@H]2CCCC[C@@H]2C1. The minimum Gasteiger partial charge on any atom is -0.342 e. The van der Waals surface area contributed by atoms with Crippen molar-refractivity contribution in [1.29, 1.82) is 0 Å². The fourth-order valence-corrected chi connectivity index (χ4v) is 4.97. The number of fused-ring (bicyclic) bond motifs is 1. The van der Waals surface area contributed by atoms with Crippen LogP contribution in [0.1, 0.15) is 32.1 Å². The van der Waals surface area contributed by atoms with Gasteiger partial charge in [0.25, 0.3) is 0 Å². The smallest absolute Gasteiger partial charge is 0.233 e. The molecule has 1 saturated heterocycles. The van der Waals surface area contributed by atoms with E-state index in [9.17, 15) is 4.79 Å². The maximum absolute atomic E-state index is 12.7. The summed E-state index contributed by atoms with van der Waals surface area (Å²) in [5, 5.41) is 8.96. The molecule has 0 unspecified atom stereocenters. The molecule has 5 nitrogen and oxygen atoms in total. The minimum atomic E-state index is 0.233. The molecule has 2 aromatic rings. The summed E-state index contributed by atoms with van der Waals surface area (Å²) in [6, 6.07) is 10.00. The number of piperidine rings is 1. The summed E-state index contributed by atoms with van der Waals surface area (Å²) in [4.78, 5) is 14.7. The maximum Gasteiger partial charge on any atom is 0.233 e. The number of thioether (sulfide) groups is 1. The number of nitrogens with zero attached hydrogens (tertiary/aromatic N) is 4. The van der Waals surface area contributed by atoms with Gasteiger partial charge in [-0.1, -0.05) is 49.2 Å². The molecule has 2 aliphatic rings. The molecule has 0 bridgehead atoms. The van der Waals surface area contributed by atoms with E-state index >= 15 is 0 Å². The topological polar surface area (TPSA) is 51.0 Å². The van der Waals surface area contributed by atoms with Crippen LogP contribution < -0.4 is 0 Å². The third kappa shape index (κ3) is 3.73. The Hall–Kier alpha value is -1.82. The van der Waals surface area contributed by atoms with E-state index in [1.54, 1.807) is 6.33 Å². The van der Waals surface area contributed by atoms with Crippen LogP contribution in [0.25, 0.3) is 5.69 Å². The van der Waals surface area contributed by atoms with Crippen molar-refractivity contribution < 1.29 is 4.79 Å². The van der Waals surface area contributed by atoms with Crippen molar-refractivity contribution >= 4 is 17.7 Å². The largest absolute Gasteiger partial charge is 0.342 e. The van der Waals surface area contributed by atoms with Crippen molar-refractivity contribution in [3.05, 3.63) is 36.7 Å². The number of para-hydroxylation sites is 1. The highest BCUT2D eigenvalue weighted by molar-refractivity contribution is 7.99. The van der Waals surface area contributed by atoms with Gasteiger partial charge in [0.15, 0.2) is 5.16 Å². The lowest BCUT2D eigenvalue weighted by atomic mass is 9.75. The number of hydrogen-bond acceptors (Lipinski definition) is 4. The summed E-state index contributed by atoms with van der Waals surface area (Å²) in [6.45, 7) is 1.88. The van der Waals surface area contributed by atoms with Crippen molar-refractivity contribution in [2.45, 2.75) is 37.3 Å². The van der Waals surface area contributed by atoms with E-state index in [1.165, 1.54) is 43.9 Å². The van der Waals surface area contributed by atoms with Crippen LogP contribution in [-0.4, -0.2) is 44.4 Å². The van der Waals surface area contributed by atoms with E-state index in [0.717, 1.165) is 35.8 Å². The lowest BCUT2D eigenvalue weighted by Gasteiger charge is -2.41. The van der Waals surface area contributed by atoms with Gasteiger partial charge in [-0.2, -0.15) is 0 Å². The monoisotopic (exact) mass is 356 g/mol. The summed E-state index contributed by atoms with van der Waals surface area (Å²) < 4.78 is 1.94. The van der Waals surface area contributed by atoms with E-state index in [0.29, 0.717) is 5.75 Å². The first-order chi connectivity index (χ1) is 12.3. The average molecular weight is 356 g/mol. The van der Waals surface area contributed by atoms with Gasteiger partial charge in [0, 0.05) is 18.8 Å². The number of amides is 1. The third-order valence-electron chi connectivity index (χ3n) is 5.52. The van der Waals surface area contributed by atoms with Crippen LogP contribution in [-0.2, 0) is 4.79 Å². The van der Waals surface area contributed by atoms with E-state index in [-0.39, 0.29) is 5.91 Å². The summed E-state index contributed by atoms with van der Waals surface area (Å²) in [5.74, 6) is 2.25. The van der Waals surface area contributed by atoms with Gasteiger partial charge in [-0.05, 0) is 36.8 Å². The molecule has 2 atom stereocenters. The van der Waals surface area contributed by atoms with Gasteiger partial charge in [0.1, 0.15) is 6.33 Å². The van der Waals surface area contributed by atoms with Crippen LogP contribution in [0.4, 0.5) is 0 Å². The van der Waals surface area contributed by atoms with Crippen LogP contribution in [0.5, 0.6) is 0 Å². The highest BCUT2D eigenvalue weighted by Crippen LogP contribution is 2.36. The fourth-order valence-electron chi connectivity index (χ4n) is 4.13. The van der Waals surface area contributed by atoms with Crippen molar-refractivity contribution in [2.24, 2.45) is 11.8 Å². The Balaban J connectivity index is 1.36. The van der Waals surface area contributed by atoms with E-state index in [4.69, 9.17) is 0 Å². The number of rotatable bonds is 4. The predicted octanol–water partition coefficient (Wildman–Crippen LogP) is 3.40. The predicted molar refractivity (Wildman–Crippen MR) is 98.7 cm³/mol. The first kappa shape index (κ1) is 16.6. The van der Waals surface area contributed by atoms with E-state index < -0.39 is 0 Å². The molecule has 1 saturated carbocycles. The molecule has 1 amide bonds. The molecule has 0 radical (unpaired) electrons. The van der Waals surface area contributed by atoms with Crippen molar-refractivity contribution in [2.75, 3.05) is 18.8 Å². The zero-order valence-corrected chi connectivity index (χ0v) is 15.2. The van der Waals surface area contributed by atoms with Gasteiger partial charge in [0.05, 0.1) is 5.75 Å². The maximum atomic E-state index is 12.7. The molecule has 4 rings (SSSR count). The molecule has 2 heterocycles. The van der Waals surface area contributed by atoms with Crippen LogP contribution in [0.2, 0.25) is 0 Å². The molecule has 6 heteroatoms. The molecule has 1 aromatic heterocycles. The van der Waals surface area contributed by atoms with Crippen molar-refractivity contribution in [3.63, 3.8) is 0 Å². The van der Waals surface area contributed by atoms with Gasteiger partial charge < -0.3 is 4.90 Å². The number of carbonyl (C=O) groups is 1. The van der Waals surface area contributed by atoms with Gasteiger partial charge >= 0.3 is 0 Å². The number of benzene rings is 1. The lowest BCUT2D eigenvalue weighted by Crippen LogP contribution is -2.45. The minimum absolute atomic E-state index is 0.233. The Labute approximate surface area is 152 Å². The molecule has 1 aliphatic heterocycles. The normalized spacial score (nSPS) is 23.3. The first-order valence-corrected chi connectivity index (χ1v) is 10.2. The first-order valence-electron chi connectivity index (χ1n) is 9.17. The standard InChI is InChI=1S/C19H24N4OS/c24-18(22-11-10-15-6-4-5-7-16(15)12-22)13-25-19-21-20-14-23(19)17-8-2-1-3-9-17/h1-3,8-9,14-16H,4-7,10-13H2/t15-,16+/m0/s1. The third-order valence-corrected chi connectivity index (χ3v) is 6.45. The van der Waals surface area contributed by atoms with Crippen LogP contribution in [0, 0.1) is 11.8 Å². The fraction of sp³-hybridized carbons (Fsp3) is 0.526. The molecule has 132 valence electrons. The molecule has 1 aromatic carbocycles. The van der Waals surface area contributed by atoms with Crippen molar-refractivity contribution in [3.8, 4) is 5.69 Å². The second-order valence-corrected chi connectivity index (χ2v) is 7.98. The van der Waals surface area contributed by atoms with E-state index in [1.807, 2.05) is 34.9 Å². The summed E-state index contributed by atoms with van der Waals surface area (Å²) in [7, 11) is 0. The molecule has 0 spiro atoms. The highest BCUT2D eigenvalue weighted by atomic mass is 32.2. The summed E-state index contributed by atoms with van der Waals surface area (Å²) in [5.41, 5.74) is 1.02. The van der Waals surface area contributed by atoms with E-state index in [2.05, 4.69) is 15.1 Å². The van der Waals surface area contributed by atoms with Crippen LogP contribution in [0.15, 0.2) is 41.8 Å². The molecular weight excluding hydrogens is 332 g/mol. The zero-order chi connectivity index (χ0) is 17.1. The summed E-state index contributed by atoms with van der Waals surface area (Å²) in [6.07, 6.45) is 8.25. The Morgan fingerprint density at radius 1 is 1.12 bits per heavy atom. The second-order valence-electron chi connectivity index (χ2n) is 7.04. The Kier molecular flexibility index (Phi) is 5.06. The van der Waals surface area contributed by atoms with Gasteiger partial charge in [-0.3, -0.25) is 9.36 Å². The number of likely N-dealkylation sites (tertiary alicyclic amines) is 1. The van der Waals surface area contributed by atoms with Gasteiger partial charge in [-0.25, -0.2) is 0 Å². The molecule has 2 fully saturated rings. The number of carbonyl (C=O) groups excluding carboxylic acids is 1. The number of aromatic nitrogens is 3. The highest BCUT2D eigenvalue weighted by Gasteiger charge is 2.32. The van der Waals surface area contributed by atoms with Crippen molar-refractivity contribution in [1.82, 2.24) is 19.7 Å². The van der Waals surface area contributed by atoms with Crippen LogP contribution >= 0.6 is 11.8 Å². The summed E-state index contributed by atoms with van der Waals surface area (Å²) >= 11 is 1.48. The van der Waals surface area contributed by atoms with Gasteiger partial charge in [0.2, 0.25) is 5.91 Å². The average Bonchev–Trinajstić information content (AvgIpc) is 3.15. The molecular formula is C19H24N4OS. The molecule has 0 N–H and O–H groups in total. The molecule has 25 heavy (non-hydrogen) atoms. The molecule has 1 aliphatic carbocycles. The Bertz CT molecular complexity index is 717. The van der Waals surface area contributed by atoms with Crippen LogP contribution in [0.3, 0.4) is 0 Å². The van der Waals surface area contributed by atoms with Gasteiger partial charge in [-0.15, -0.1) is 10.2 Å². The Morgan fingerprint density at radius 3 is 2.76 bits per heavy atom. The zero-order valence-electron chi connectivity index (χ0n) is 14.4. The lowest BCUT2D eigenvalue weighted by molar-refractivity contribution is -0.131. The Morgan fingerprint density at radius 2 is 1.92 bits per heavy atom. The quantitative estimate of drug-likeness (QED) is 0.788.